The molecule has 1 aliphatic rings. The number of hydrogen-bond donors (Lipinski definition) is 2. The third-order valence-electron chi connectivity index (χ3n) is 3.19. The van der Waals surface area contributed by atoms with Gasteiger partial charge in [-0.05, 0) is 18.9 Å². The van der Waals surface area contributed by atoms with Gasteiger partial charge < -0.3 is 5.73 Å². The van der Waals surface area contributed by atoms with Crippen molar-refractivity contribution in [3.05, 3.63) is 35.1 Å². The van der Waals surface area contributed by atoms with Gasteiger partial charge in [0.05, 0.1) is 12.1 Å². The molecule has 0 unspecified atom stereocenters. The molecular weight excluding hydrogens is 274 g/mol. The second-order valence-corrected chi connectivity index (χ2v) is 4.94. The van der Waals surface area contributed by atoms with Crippen molar-refractivity contribution in [2.75, 3.05) is 6.54 Å². The molecule has 20 heavy (non-hydrogen) atoms. The normalized spacial score (nSPS) is 15.7. The summed E-state index contributed by atoms with van der Waals surface area (Å²) in [6.07, 6.45) is -2.91. The molecule has 0 atom stereocenters. The summed E-state index contributed by atoms with van der Waals surface area (Å²) in [6.45, 7) is -1.18. The minimum absolute atomic E-state index is 0.0785. The van der Waals surface area contributed by atoms with Gasteiger partial charge in [-0.25, -0.2) is 4.39 Å². The van der Waals surface area contributed by atoms with Crippen LogP contribution >= 0.6 is 0 Å². The smallest absolute Gasteiger partial charge is 0.384 e. The van der Waals surface area contributed by atoms with Crippen LogP contribution in [0.1, 0.15) is 24.0 Å². The van der Waals surface area contributed by atoms with Gasteiger partial charge in [-0.15, -0.1) is 0 Å². The fourth-order valence-electron chi connectivity index (χ4n) is 2.11. The first kappa shape index (κ1) is 14.8. The third-order valence-corrected chi connectivity index (χ3v) is 3.19. The predicted octanol–water partition coefficient (Wildman–Crippen LogP) is 2.64. The van der Waals surface area contributed by atoms with Crippen LogP contribution < -0.4 is 5.73 Å². The van der Waals surface area contributed by atoms with Crippen molar-refractivity contribution >= 4 is 5.84 Å². The van der Waals surface area contributed by atoms with E-state index < -0.39 is 24.4 Å². The molecule has 1 aromatic carbocycles. The van der Waals surface area contributed by atoms with Gasteiger partial charge in [-0.3, -0.25) is 10.3 Å². The lowest BCUT2D eigenvalue weighted by Gasteiger charge is -2.24. The third kappa shape index (κ3) is 3.69. The second kappa shape index (κ2) is 5.40. The quantitative estimate of drug-likeness (QED) is 0.497. The molecule has 0 saturated heterocycles. The lowest BCUT2D eigenvalue weighted by Crippen LogP contribution is -2.35. The Bertz CT molecular complexity index is 509. The molecule has 1 saturated carbocycles. The Morgan fingerprint density at radius 1 is 1.35 bits per heavy atom. The number of alkyl halides is 3. The molecule has 1 aliphatic carbocycles. The molecule has 0 amide bonds. The van der Waals surface area contributed by atoms with E-state index in [9.17, 15) is 17.6 Å². The van der Waals surface area contributed by atoms with E-state index in [4.69, 9.17) is 11.1 Å². The highest BCUT2D eigenvalue weighted by Gasteiger charge is 2.38. The molecule has 1 fully saturated rings. The number of hydrogen-bond acceptors (Lipinski definition) is 2. The average molecular weight is 289 g/mol. The van der Waals surface area contributed by atoms with Crippen LogP contribution in [-0.4, -0.2) is 29.5 Å². The van der Waals surface area contributed by atoms with Crippen molar-refractivity contribution < 1.29 is 17.6 Å². The molecule has 0 spiro atoms. The summed E-state index contributed by atoms with van der Waals surface area (Å²) in [5, 5.41) is 7.24. The molecule has 0 aliphatic heterocycles. The number of halogens is 4. The minimum atomic E-state index is -4.31. The highest BCUT2D eigenvalue weighted by atomic mass is 19.4. The highest BCUT2D eigenvalue weighted by Crippen LogP contribution is 2.32. The highest BCUT2D eigenvalue weighted by molar-refractivity contribution is 5.95. The molecule has 0 radical (unpaired) electrons. The molecule has 0 aromatic heterocycles. The minimum Gasteiger partial charge on any atom is -0.384 e. The van der Waals surface area contributed by atoms with Crippen molar-refractivity contribution in [2.45, 2.75) is 31.6 Å². The van der Waals surface area contributed by atoms with Crippen LogP contribution in [0.5, 0.6) is 0 Å². The van der Waals surface area contributed by atoms with E-state index in [2.05, 4.69) is 0 Å². The van der Waals surface area contributed by atoms with Crippen molar-refractivity contribution in [2.24, 2.45) is 5.73 Å². The van der Waals surface area contributed by atoms with Gasteiger partial charge in [-0.2, -0.15) is 13.2 Å². The number of nitrogens with zero attached hydrogens (tertiary/aromatic N) is 1. The molecule has 7 heteroatoms. The van der Waals surface area contributed by atoms with Crippen LogP contribution in [0, 0.1) is 11.2 Å². The van der Waals surface area contributed by atoms with Crippen LogP contribution in [0.3, 0.4) is 0 Å². The SMILES string of the molecule is N=C(N)c1cccc(CN(CC(F)(F)F)C2CC2)c1F. The first-order valence-electron chi connectivity index (χ1n) is 6.20. The summed E-state index contributed by atoms with van der Waals surface area (Å²) in [5.41, 5.74) is 5.29. The number of nitrogens with one attached hydrogen (secondary N) is 1. The molecule has 110 valence electrons. The van der Waals surface area contributed by atoms with Gasteiger partial charge in [-0.1, -0.05) is 12.1 Å². The summed E-state index contributed by atoms with van der Waals surface area (Å²) in [4.78, 5) is 1.22. The Morgan fingerprint density at radius 3 is 2.50 bits per heavy atom. The Hall–Kier alpha value is -1.63. The molecule has 1 aromatic rings. The van der Waals surface area contributed by atoms with Crippen molar-refractivity contribution in [1.82, 2.24) is 4.90 Å². The zero-order valence-corrected chi connectivity index (χ0v) is 10.7. The van der Waals surface area contributed by atoms with E-state index in [0.29, 0.717) is 12.8 Å². The van der Waals surface area contributed by atoms with Crippen LogP contribution in [0.25, 0.3) is 0 Å². The van der Waals surface area contributed by atoms with E-state index in [0.717, 1.165) is 0 Å². The molecule has 0 heterocycles. The Kier molecular flexibility index (Phi) is 3.99. The fourth-order valence-corrected chi connectivity index (χ4v) is 2.11. The summed E-state index contributed by atoms with van der Waals surface area (Å²) < 4.78 is 51.6. The summed E-state index contributed by atoms with van der Waals surface area (Å²) in [5.74, 6) is -1.15. The average Bonchev–Trinajstić information content (AvgIpc) is 3.12. The largest absolute Gasteiger partial charge is 0.401 e. The Labute approximate surface area is 113 Å². The molecule has 3 N–H and O–H groups in total. The second-order valence-electron chi connectivity index (χ2n) is 4.94. The standard InChI is InChI=1S/C13H15F4N3/c14-11-8(2-1-3-10(11)12(18)19)6-20(9-4-5-9)7-13(15,16)17/h1-3,9H,4-7H2,(H3,18,19). The number of rotatable bonds is 5. The molecular formula is C13H15F4N3. The van der Waals surface area contributed by atoms with Crippen LogP contribution in [0.2, 0.25) is 0 Å². The van der Waals surface area contributed by atoms with Crippen molar-refractivity contribution in [3.8, 4) is 0 Å². The topological polar surface area (TPSA) is 53.1 Å². The Balaban J connectivity index is 2.18. The monoisotopic (exact) mass is 289 g/mol. The van der Waals surface area contributed by atoms with Gasteiger partial charge in [0.2, 0.25) is 0 Å². The zero-order valence-electron chi connectivity index (χ0n) is 10.7. The van der Waals surface area contributed by atoms with E-state index in [1.807, 2.05) is 0 Å². The van der Waals surface area contributed by atoms with Gasteiger partial charge >= 0.3 is 6.18 Å². The van der Waals surface area contributed by atoms with Gasteiger partial charge in [0.1, 0.15) is 11.7 Å². The van der Waals surface area contributed by atoms with E-state index >= 15 is 0 Å². The molecule has 2 rings (SSSR count). The van der Waals surface area contributed by atoms with E-state index in [1.54, 1.807) is 0 Å². The number of nitrogens with two attached hydrogens (primary N) is 1. The fraction of sp³-hybridized carbons (Fsp3) is 0.462. The molecule has 3 nitrogen and oxygen atoms in total. The van der Waals surface area contributed by atoms with Gasteiger partial charge in [0.25, 0.3) is 0 Å². The number of benzene rings is 1. The zero-order chi connectivity index (χ0) is 14.9. The summed E-state index contributed by atoms with van der Waals surface area (Å²) in [6, 6.07) is 4.12. The summed E-state index contributed by atoms with van der Waals surface area (Å²) in [7, 11) is 0. The van der Waals surface area contributed by atoms with E-state index in [-0.39, 0.29) is 23.7 Å². The number of nitrogen functional groups attached to an aromatic ring is 1. The predicted molar refractivity (Wildman–Crippen MR) is 66.9 cm³/mol. The maximum absolute atomic E-state index is 14.1. The lowest BCUT2D eigenvalue weighted by atomic mass is 10.1. The first-order valence-corrected chi connectivity index (χ1v) is 6.20. The number of amidine groups is 1. The Morgan fingerprint density at radius 2 is 2.00 bits per heavy atom. The van der Waals surface area contributed by atoms with Crippen molar-refractivity contribution in [1.29, 1.82) is 5.41 Å². The van der Waals surface area contributed by atoms with Crippen LogP contribution in [0.4, 0.5) is 17.6 Å². The van der Waals surface area contributed by atoms with Gasteiger partial charge in [0.15, 0.2) is 0 Å². The van der Waals surface area contributed by atoms with Crippen LogP contribution in [-0.2, 0) is 6.54 Å². The maximum atomic E-state index is 14.1. The van der Waals surface area contributed by atoms with Crippen molar-refractivity contribution in [3.63, 3.8) is 0 Å². The maximum Gasteiger partial charge on any atom is 0.401 e. The summed E-state index contributed by atoms with van der Waals surface area (Å²) >= 11 is 0. The van der Waals surface area contributed by atoms with Crippen LogP contribution in [0.15, 0.2) is 18.2 Å². The van der Waals surface area contributed by atoms with E-state index in [1.165, 1.54) is 23.1 Å². The lowest BCUT2D eigenvalue weighted by molar-refractivity contribution is -0.148. The van der Waals surface area contributed by atoms with Gasteiger partial charge in [0, 0.05) is 18.2 Å². The molecule has 0 bridgehead atoms. The first-order chi connectivity index (χ1) is 9.28.